The minimum atomic E-state index is -1.15. The monoisotopic (exact) mass is 649 g/mol. The van der Waals surface area contributed by atoms with Crippen LogP contribution in [0.3, 0.4) is 0 Å². The number of nitrogens with zero attached hydrogens (tertiary/aromatic N) is 5. The lowest BCUT2D eigenvalue weighted by Crippen LogP contribution is -2.52. The molecule has 0 unspecified atom stereocenters. The number of benzene rings is 3. The molecule has 2 bridgehead atoms. The second kappa shape index (κ2) is 12.9. The molecule has 3 fully saturated rings. The fourth-order valence-corrected chi connectivity index (χ4v) is 7.00. The van der Waals surface area contributed by atoms with Crippen molar-refractivity contribution in [1.82, 2.24) is 20.0 Å². The van der Waals surface area contributed by atoms with E-state index in [4.69, 9.17) is 0 Å². The first-order chi connectivity index (χ1) is 23.2. The van der Waals surface area contributed by atoms with Crippen molar-refractivity contribution < 1.29 is 24.3 Å². The number of piperazine rings is 2. The predicted octanol–water partition coefficient (Wildman–Crippen LogP) is 3.09. The highest BCUT2D eigenvalue weighted by Crippen LogP contribution is 2.43. The van der Waals surface area contributed by atoms with Crippen molar-refractivity contribution in [2.24, 2.45) is 0 Å². The van der Waals surface area contributed by atoms with Gasteiger partial charge in [-0.25, -0.2) is 14.5 Å². The second-order valence-electron chi connectivity index (χ2n) is 12.9. The van der Waals surface area contributed by atoms with Gasteiger partial charge in [0.15, 0.2) is 0 Å². The maximum atomic E-state index is 14.4. The molecule has 3 aromatic rings. The van der Waals surface area contributed by atoms with Crippen LogP contribution in [0.2, 0.25) is 0 Å². The molecule has 0 radical (unpaired) electrons. The van der Waals surface area contributed by atoms with Crippen molar-refractivity contribution >= 4 is 52.1 Å². The van der Waals surface area contributed by atoms with Crippen LogP contribution in [-0.4, -0.2) is 116 Å². The lowest BCUT2D eigenvalue weighted by Gasteiger charge is -2.32. The van der Waals surface area contributed by atoms with Crippen LogP contribution in [0.1, 0.15) is 27.9 Å². The first kappa shape index (κ1) is 31.6. The van der Waals surface area contributed by atoms with Gasteiger partial charge in [0.2, 0.25) is 5.91 Å². The number of carboxylic acid groups (broad SMARTS) is 1. The van der Waals surface area contributed by atoms with Gasteiger partial charge in [-0.15, -0.1) is 0 Å². The quantitative estimate of drug-likeness (QED) is 0.331. The Morgan fingerprint density at radius 3 is 2.33 bits per heavy atom. The van der Waals surface area contributed by atoms with Crippen LogP contribution in [-0.2, 0) is 9.59 Å². The van der Waals surface area contributed by atoms with E-state index in [1.807, 2.05) is 54.6 Å². The number of likely N-dealkylation sites (N-methyl/N-ethyl adjacent to an activating group) is 2. The number of likely N-dealkylation sites (tertiary alicyclic amines) is 1. The van der Waals surface area contributed by atoms with E-state index in [2.05, 4.69) is 27.5 Å². The molecule has 4 heterocycles. The number of carbonyl (C=O) groups excluding carboxylic acids is 3. The van der Waals surface area contributed by atoms with Crippen molar-refractivity contribution in [1.29, 1.82) is 0 Å². The van der Waals surface area contributed by atoms with Gasteiger partial charge in [-0.05, 0) is 55.4 Å². The predicted molar refractivity (Wildman–Crippen MR) is 184 cm³/mol. The first-order valence-electron chi connectivity index (χ1n) is 16.3. The smallest absolute Gasteiger partial charge is 0.335 e. The zero-order valence-corrected chi connectivity index (χ0v) is 27.1. The van der Waals surface area contributed by atoms with E-state index in [0.29, 0.717) is 36.6 Å². The fourth-order valence-electron chi connectivity index (χ4n) is 7.00. The molecular weight excluding hydrogens is 610 g/mol. The maximum Gasteiger partial charge on any atom is 0.335 e. The SMILES string of the molecule is CN1CCN(CC(=O)N(C)c2ccc(N/C(=C3\C(=O)N(C(=O)N4C[C@@H]5C[C@H]4CN5)c4cc(C(=O)O)ccc43)c3ccccc3)cc2)CC1. The van der Waals surface area contributed by atoms with Crippen molar-refractivity contribution in [3.8, 4) is 0 Å². The number of aromatic carboxylic acids is 1. The van der Waals surface area contributed by atoms with Gasteiger partial charge >= 0.3 is 12.0 Å². The largest absolute Gasteiger partial charge is 0.478 e. The summed E-state index contributed by atoms with van der Waals surface area (Å²) in [6.45, 7) is 5.09. The average Bonchev–Trinajstić information content (AvgIpc) is 3.81. The third kappa shape index (κ3) is 5.94. The summed E-state index contributed by atoms with van der Waals surface area (Å²) in [6, 6.07) is 21.0. The Kier molecular flexibility index (Phi) is 8.46. The zero-order chi connectivity index (χ0) is 33.5. The van der Waals surface area contributed by atoms with Gasteiger partial charge in [-0.2, -0.15) is 0 Å². The summed E-state index contributed by atoms with van der Waals surface area (Å²) in [7, 11) is 3.85. The highest BCUT2D eigenvalue weighted by molar-refractivity contribution is 6.44. The number of fused-ring (bicyclic) bond motifs is 3. The Balaban J connectivity index is 1.21. The van der Waals surface area contributed by atoms with Crippen LogP contribution in [0.15, 0.2) is 72.8 Å². The Morgan fingerprint density at radius 2 is 1.69 bits per heavy atom. The van der Waals surface area contributed by atoms with Gasteiger partial charge < -0.3 is 30.4 Å². The number of anilines is 3. The van der Waals surface area contributed by atoms with Gasteiger partial charge in [-0.3, -0.25) is 14.5 Å². The summed E-state index contributed by atoms with van der Waals surface area (Å²) in [5.74, 6) is -1.66. The van der Waals surface area contributed by atoms with Gasteiger partial charge in [0.1, 0.15) is 0 Å². The molecule has 48 heavy (non-hydrogen) atoms. The van der Waals surface area contributed by atoms with E-state index in [1.165, 1.54) is 12.1 Å². The summed E-state index contributed by atoms with van der Waals surface area (Å²) in [5, 5.41) is 16.6. The summed E-state index contributed by atoms with van der Waals surface area (Å²) >= 11 is 0. The van der Waals surface area contributed by atoms with Crippen molar-refractivity contribution in [3.63, 3.8) is 0 Å². The molecule has 3 aromatic carbocycles. The highest BCUT2D eigenvalue weighted by Gasteiger charge is 2.47. The number of urea groups is 1. The minimum Gasteiger partial charge on any atom is -0.478 e. The summed E-state index contributed by atoms with van der Waals surface area (Å²) in [4.78, 5) is 62.4. The number of amides is 4. The molecule has 2 atom stereocenters. The highest BCUT2D eigenvalue weighted by atomic mass is 16.4. The summed E-state index contributed by atoms with van der Waals surface area (Å²) < 4.78 is 0. The first-order valence-corrected chi connectivity index (χ1v) is 16.3. The standard InChI is InChI=1S/C36H39N7O5/c1-39-14-16-41(17-15-39)22-31(44)40(2)27-11-9-25(10-12-27)38-33(23-6-4-3-5-7-23)32-29-13-8-24(35(46)47)18-30(29)43(34(32)45)36(48)42-21-26-19-28(42)20-37-26/h3-13,18,26,28,37-38H,14-17,19-22H2,1-2H3,(H,46,47)/b33-32-/t26-,28-/m0/s1. The van der Waals surface area contributed by atoms with Gasteiger partial charge in [0.05, 0.1) is 29.1 Å². The van der Waals surface area contributed by atoms with Crippen molar-refractivity contribution in [3.05, 3.63) is 89.5 Å². The van der Waals surface area contributed by atoms with Crippen LogP contribution in [0.5, 0.6) is 0 Å². The van der Waals surface area contributed by atoms with E-state index in [-0.39, 0.29) is 34.8 Å². The molecule has 4 aliphatic rings. The average molecular weight is 650 g/mol. The topological polar surface area (TPSA) is 129 Å². The molecule has 12 nitrogen and oxygen atoms in total. The summed E-state index contributed by atoms with van der Waals surface area (Å²) in [6.07, 6.45) is 0.821. The minimum absolute atomic E-state index is 0.00741. The zero-order valence-electron chi connectivity index (χ0n) is 27.1. The Labute approximate surface area is 279 Å². The number of nitrogens with one attached hydrogen (secondary N) is 2. The molecule has 7 rings (SSSR count). The van der Waals surface area contributed by atoms with Gasteiger partial charge in [-0.1, -0.05) is 36.4 Å². The van der Waals surface area contributed by atoms with Gasteiger partial charge in [0, 0.05) is 75.3 Å². The number of hydrogen-bond acceptors (Lipinski definition) is 8. The van der Waals surface area contributed by atoms with Crippen LogP contribution in [0, 0.1) is 0 Å². The Hall–Kier alpha value is -5.04. The van der Waals surface area contributed by atoms with Crippen LogP contribution in [0.4, 0.5) is 21.9 Å². The molecule has 0 spiro atoms. The molecule has 4 aliphatic heterocycles. The van der Waals surface area contributed by atoms with E-state index >= 15 is 0 Å². The molecule has 0 aliphatic carbocycles. The van der Waals surface area contributed by atoms with Crippen LogP contribution in [0.25, 0.3) is 11.3 Å². The lowest BCUT2D eigenvalue weighted by atomic mass is 9.99. The lowest BCUT2D eigenvalue weighted by molar-refractivity contribution is -0.119. The molecule has 4 amide bonds. The van der Waals surface area contributed by atoms with Gasteiger partial charge in [0.25, 0.3) is 5.91 Å². The molecule has 3 N–H and O–H groups in total. The number of rotatable bonds is 7. The maximum absolute atomic E-state index is 14.4. The van der Waals surface area contributed by atoms with E-state index in [9.17, 15) is 24.3 Å². The normalized spacial score (nSPS) is 21.8. The number of carbonyl (C=O) groups is 4. The second-order valence-corrected chi connectivity index (χ2v) is 12.9. The Morgan fingerprint density at radius 1 is 0.958 bits per heavy atom. The van der Waals surface area contributed by atoms with Crippen LogP contribution < -0.4 is 20.4 Å². The van der Waals surface area contributed by atoms with E-state index in [0.717, 1.165) is 48.8 Å². The molecule has 3 saturated heterocycles. The molecule has 0 aromatic heterocycles. The number of imide groups is 1. The van der Waals surface area contributed by atoms with Crippen molar-refractivity contribution in [2.75, 3.05) is 75.0 Å². The van der Waals surface area contributed by atoms with E-state index < -0.39 is 17.9 Å². The Bertz CT molecular complexity index is 1790. The molecular formula is C36H39N7O5. The molecule has 248 valence electrons. The van der Waals surface area contributed by atoms with Crippen LogP contribution >= 0.6 is 0 Å². The third-order valence-electron chi connectivity index (χ3n) is 9.83. The van der Waals surface area contributed by atoms with Crippen molar-refractivity contribution in [2.45, 2.75) is 18.5 Å². The summed E-state index contributed by atoms with van der Waals surface area (Å²) in [5.41, 5.74) is 3.60. The molecule has 12 heteroatoms. The van der Waals surface area contributed by atoms with E-state index in [1.54, 1.807) is 22.9 Å². The number of hydrogen-bond donors (Lipinski definition) is 3. The fraction of sp³-hybridized carbons (Fsp3) is 0.333. The number of carboxylic acids is 1. The molecule has 0 saturated carbocycles. The third-order valence-corrected chi connectivity index (χ3v) is 9.83.